The van der Waals surface area contributed by atoms with Gasteiger partial charge in [0.2, 0.25) is 0 Å². The van der Waals surface area contributed by atoms with Crippen LogP contribution >= 0.6 is 11.3 Å². The van der Waals surface area contributed by atoms with Crippen molar-refractivity contribution < 1.29 is 0 Å². The molecule has 0 saturated heterocycles. The van der Waals surface area contributed by atoms with Crippen LogP contribution in [-0.2, 0) is 0 Å². The fourth-order valence-corrected chi connectivity index (χ4v) is 3.76. The Hall–Kier alpha value is -1.93. The van der Waals surface area contributed by atoms with E-state index in [2.05, 4.69) is 54.4 Å². The molecule has 1 saturated carbocycles. The SMILES string of the molecule is Cc1ccc(-c2ccc(-c3cnccc3C3CC3)s2)cc1. The predicted molar refractivity (Wildman–Crippen MR) is 89.7 cm³/mol. The van der Waals surface area contributed by atoms with Gasteiger partial charge in [-0.3, -0.25) is 4.98 Å². The summed E-state index contributed by atoms with van der Waals surface area (Å²) in [5, 5.41) is 0. The molecule has 0 atom stereocenters. The van der Waals surface area contributed by atoms with Crippen LogP contribution in [0.1, 0.15) is 29.9 Å². The summed E-state index contributed by atoms with van der Waals surface area (Å²) in [5.41, 5.74) is 5.40. The van der Waals surface area contributed by atoms with E-state index in [-0.39, 0.29) is 0 Å². The second kappa shape index (κ2) is 5.12. The van der Waals surface area contributed by atoms with E-state index in [0.717, 1.165) is 5.92 Å². The maximum absolute atomic E-state index is 4.33. The highest BCUT2D eigenvalue weighted by Crippen LogP contribution is 2.45. The molecule has 4 rings (SSSR count). The van der Waals surface area contributed by atoms with E-state index in [9.17, 15) is 0 Å². The molecule has 0 bridgehead atoms. The topological polar surface area (TPSA) is 12.9 Å². The van der Waals surface area contributed by atoms with Crippen LogP contribution in [0.15, 0.2) is 54.9 Å². The van der Waals surface area contributed by atoms with Gasteiger partial charge in [0.15, 0.2) is 0 Å². The van der Waals surface area contributed by atoms with Gasteiger partial charge in [-0.2, -0.15) is 0 Å². The average molecular weight is 291 g/mol. The molecule has 1 nitrogen and oxygen atoms in total. The third-order valence-electron chi connectivity index (χ3n) is 4.08. The summed E-state index contributed by atoms with van der Waals surface area (Å²) in [7, 11) is 0. The Morgan fingerprint density at radius 2 is 1.71 bits per heavy atom. The molecule has 104 valence electrons. The molecule has 0 spiro atoms. The summed E-state index contributed by atoms with van der Waals surface area (Å²) in [6.45, 7) is 2.13. The summed E-state index contributed by atoms with van der Waals surface area (Å²) < 4.78 is 0. The van der Waals surface area contributed by atoms with Crippen LogP contribution < -0.4 is 0 Å². The zero-order chi connectivity index (χ0) is 14.2. The maximum atomic E-state index is 4.33. The van der Waals surface area contributed by atoms with Crippen molar-refractivity contribution in [2.75, 3.05) is 0 Å². The normalized spacial score (nSPS) is 14.3. The quantitative estimate of drug-likeness (QED) is 0.606. The van der Waals surface area contributed by atoms with Crippen molar-refractivity contribution in [2.24, 2.45) is 0 Å². The van der Waals surface area contributed by atoms with Crippen LogP contribution in [0.4, 0.5) is 0 Å². The van der Waals surface area contributed by atoms with Crippen molar-refractivity contribution in [2.45, 2.75) is 25.7 Å². The summed E-state index contributed by atoms with van der Waals surface area (Å²) in [6.07, 6.45) is 6.60. The van der Waals surface area contributed by atoms with Gasteiger partial charge in [-0.05, 0) is 55.0 Å². The van der Waals surface area contributed by atoms with Gasteiger partial charge in [0.05, 0.1) is 0 Å². The Morgan fingerprint density at radius 3 is 2.48 bits per heavy atom. The molecule has 1 aliphatic rings. The first kappa shape index (κ1) is 12.8. The molecule has 1 aliphatic carbocycles. The Balaban J connectivity index is 1.73. The fourth-order valence-electron chi connectivity index (χ4n) is 2.72. The van der Waals surface area contributed by atoms with Crippen molar-refractivity contribution in [3.8, 4) is 20.9 Å². The molecular weight excluding hydrogens is 274 g/mol. The Labute approximate surface area is 129 Å². The number of benzene rings is 1. The largest absolute Gasteiger partial charge is 0.264 e. The fraction of sp³-hybridized carbons (Fsp3) is 0.211. The minimum atomic E-state index is 0.757. The van der Waals surface area contributed by atoms with Gasteiger partial charge in [-0.1, -0.05) is 29.8 Å². The minimum Gasteiger partial charge on any atom is -0.264 e. The lowest BCUT2D eigenvalue weighted by Gasteiger charge is -2.05. The van der Waals surface area contributed by atoms with E-state index in [1.807, 2.05) is 23.7 Å². The molecule has 0 unspecified atom stereocenters. The van der Waals surface area contributed by atoms with E-state index < -0.39 is 0 Å². The molecule has 1 aromatic carbocycles. The molecule has 0 amide bonds. The van der Waals surface area contributed by atoms with Crippen molar-refractivity contribution in [1.29, 1.82) is 0 Å². The number of thiophene rings is 1. The Morgan fingerprint density at radius 1 is 0.952 bits per heavy atom. The average Bonchev–Trinajstić information content (AvgIpc) is 3.25. The lowest BCUT2D eigenvalue weighted by Crippen LogP contribution is -1.86. The van der Waals surface area contributed by atoms with Crippen LogP contribution in [0, 0.1) is 6.92 Å². The van der Waals surface area contributed by atoms with Crippen LogP contribution in [0.5, 0.6) is 0 Å². The smallest absolute Gasteiger partial charge is 0.0367 e. The molecule has 21 heavy (non-hydrogen) atoms. The number of aryl methyl sites for hydroxylation is 1. The van der Waals surface area contributed by atoms with Crippen molar-refractivity contribution in [1.82, 2.24) is 4.98 Å². The molecule has 3 aromatic rings. The third-order valence-corrected chi connectivity index (χ3v) is 5.25. The molecule has 0 N–H and O–H groups in total. The summed E-state index contributed by atoms with van der Waals surface area (Å²) >= 11 is 1.86. The molecule has 2 heteroatoms. The summed E-state index contributed by atoms with van der Waals surface area (Å²) in [4.78, 5) is 7.00. The Kier molecular flexibility index (Phi) is 3.12. The number of nitrogens with zero attached hydrogens (tertiary/aromatic N) is 1. The predicted octanol–water partition coefficient (Wildman–Crippen LogP) is 5.66. The zero-order valence-corrected chi connectivity index (χ0v) is 12.9. The van der Waals surface area contributed by atoms with Gasteiger partial charge in [0.1, 0.15) is 0 Å². The van der Waals surface area contributed by atoms with E-state index in [1.165, 1.54) is 44.8 Å². The van der Waals surface area contributed by atoms with Gasteiger partial charge in [-0.25, -0.2) is 0 Å². The summed E-state index contributed by atoms with van der Waals surface area (Å²) in [5.74, 6) is 0.757. The molecule has 0 radical (unpaired) electrons. The van der Waals surface area contributed by atoms with Crippen LogP contribution in [0.25, 0.3) is 20.9 Å². The van der Waals surface area contributed by atoms with E-state index >= 15 is 0 Å². The highest BCUT2D eigenvalue weighted by atomic mass is 32.1. The minimum absolute atomic E-state index is 0.757. The van der Waals surface area contributed by atoms with Gasteiger partial charge in [-0.15, -0.1) is 11.3 Å². The van der Waals surface area contributed by atoms with E-state index in [1.54, 1.807) is 0 Å². The van der Waals surface area contributed by atoms with Gasteiger partial charge < -0.3 is 0 Å². The van der Waals surface area contributed by atoms with E-state index in [0.29, 0.717) is 0 Å². The number of hydrogen-bond acceptors (Lipinski definition) is 2. The molecular formula is C19H17NS. The van der Waals surface area contributed by atoms with Crippen molar-refractivity contribution >= 4 is 11.3 Å². The Bertz CT molecular complexity index is 766. The number of pyridine rings is 1. The van der Waals surface area contributed by atoms with Crippen molar-refractivity contribution in [3.05, 3.63) is 66.0 Å². The second-order valence-corrected chi connectivity index (χ2v) is 6.85. The molecule has 0 aliphatic heterocycles. The van der Waals surface area contributed by atoms with Crippen LogP contribution in [0.3, 0.4) is 0 Å². The van der Waals surface area contributed by atoms with E-state index in [4.69, 9.17) is 0 Å². The number of rotatable bonds is 3. The first-order chi connectivity index (χ1) is 10.3. The zero-order valence-electron chi connectivity index (χ0n) is 12.0. The van der Waals surface area contributed by atoms with Gasteiger partial charge >= 0.3 is 0 Å². The second-order valence-electron chi connectivity index (χ2n) is 5.77. The lowest BCUT2D eigenvalue weighted by atomic mass is 10.1. The maximum Gasteiger partial charge on any atom is 0.0367 e. The summed E-state index contributed by atoms with van der Waals surface area (Å²) in [6, 6.07) is 15.4. The number of hydrogen-bond donors (Lipinski definition) is 0. The number of aromatic nitrogens is 1. The highest BCUT2D eigenvalue weighted by Gasteiger charge is 2.26. The van der Waals surface area contributed by atoms with Gasteiger partial charge in [0.25, 0.3) is 0 Å². The monoisotopic (exact) mass is 291 g/mol. The van der Waals surface area contributed by atoms with Crippen molar-refractivity contribution in [3.63, 3.8) is 0 Å². The highest BCUT2D eigenvalue weighted by molar-refractivity contribution is 7.18. The first-order valence-corrected chi connectivity index (χ1v) is 8.24. The van der Waals surface area contributed by atoms with Crippen LogP contribution in [-0.4, -0.2) is 4.98 Å². The third kappa shape index (κ3) is 2.52. The first-order valence-electron chi connectivity index (χ1n) is 7.42. The lowest BCUT2D eigenvalue weighted by molar-refractivity contribution is 1.11. The molecule has 2 heterocycles. The van der Waals surface area contributed by atoms with Gasteiger partial charge in [0, 0.05) is 27.7 Å². The van der Waals surface area contributed by atoms with Crippen LogP contribution in [0.2, 0.25) is 0 Å². The standard InChI is InChI=1S/C19H17NS/c1-13-2-4-15(5-3-13)18-8-9-19(21-18)17-12-20-11-10-16(17)14-6-7-14/h2-5,8-12,14H,6-7H2,1H3. The molecule has 2 aromatic heterocycles. The molecule has 1 fully saturated rings.